The van der Waals surface area contributed by atoms with Crippen molar-refractivity contribution in [3.63, 3.8) is 0 Å². The molecular formula is C12H12N2O2S2. The first-order valence-corrected chi connectivity index (χ1v) is 6.87. The van der Waals surface area contributed by atoms with Gasteiger partial charge in [-0.3, -0.25) is 0 Å². The Kier molecular flexibility index (Phi) is 3.78. The zero-order chi connectivity index (χ0) is 13.1. The van der Waals surface area contributed by atoms with Crippen molar-refractivity contribution in [2.24, 2.45) is 10.3 Å². The largest absolute Gasteiger partial charge is 0.410 e. The van der Waals surface area contributed by atoms with Crippen LogP contribution in [0.5, 0.6) is 0 Å². The van der Waals surface area contributed by atoms with Gasteiger partial charge in [-0.2, -0.15) is 0 Å². The highest BCUT2D eigenvalue weighted by Crippen LogP contribution is 2.22. The molecule has 0 aromatic carbocycles. The van der Waals surface area contributed by atoms with E-state index in [0.29, 0.717) is 0 Å². The molecule has 0 atom stereocenters. The van der Waals surface area contributed by atoms with Crippen LogP contribution in [0.15, 0.2) is 34.6 Å². The van der Waals surface area contributed by atoms with Crippen LogP contribution in [0.4, 0.5) is 0 Å². The zero-order valence-corrected chi connectivity index (χ0v) is 11.5. The SMILES string of the molecule is Cc1ccc(C(=NO)C(=NO)c2ccc(C)s2)s1. The van der Waals surface area contributed by atoms with Crippen molar-refractivity contribution in [1.29, 1.82) is 0 Å². The van der Waals surface area contributed by atoms with Gasteiger partial charge in [-0.15, -0.1) is 22.7 Å². The Bertz CT molecular complexity index is 557. The van der Waals surface area contributed by atoms with E-state index in [4.69, 9.17) is 10.4 Å². The highest BCUT2D eigenvalue weighted by Gasteiger charge is 2.18. The van der Waals surface area contributed by atoms with Crippen LogP contribution in [-0.4, -0.2) is 21.8 Å². The molecule has 0 radical (unpaired) electrons. The van der Waals surface area contributed by atoms with Gasteiger partial charge in [0, 0.05) is 9.75 Å². The Morgan fingerprint density at radius 3 is 1.44 bits per heavy atom. The van der Waals surface area contributed by atoms with Gasteiger partial charge in [0.05, 0.1) is 9.75 Å². The molecule has 0 aliphatic heterocycles. The van der Waals surface area contributed by atoms with Gasteiger partial charge in [0.2, 0.25) is 0 Å². The maximum atomic E-state index is 9.17. The molecule has 4 nitrogen and oxygen atoms in total. The standard InChI is InChI=1S/C12H12N2O2S2/c1-7-3-5-9(17-7)11(13-15)12(14-16)10-6-4-8(2)18-10/h3-6,15-16H,1-2H3. The smallest absolute Gasteiger partial charge is 0.150 e. The molecule has 0 unspecified atom stereocenters. The van der Waals surface area contributed by atoms with Gasteiger partial charge in [0.1, 0.15) is 11.4 Å². The van der Waals surface area contributed by atoms with Crippen molar-refractivity contribution in [2.75, 3.05) is 0 Å². The predicted octanol–water partition coefficient (Wildman–Crippen LogP) is 3.48. The number of oxime groups is 2. The molecule has 2 heterocycles. The van der Waals surface area contributed by atoms with Crippen LogP contribution in [0.25, 0.3) is 0 Å². The fourth-order valence-corrected chi connectivity index (χ4v) is 3.26. The van der Waals surface area contributed by atoms with Gasteiger partial charge < -0.3 is 10.4 Å². The lowest BCUT2D eigenvalue weighted by atomic mass is 10.1. The van der Waals surface area contributed by atoms with Crippen LogP contribution < -0.4 is 0 Å². The van der Waals surface area contributed by atoms with E-state index in [0.717, 1.165) is 19.5 Å². The van der Waals surface area contributed by atoms with E-state index in [1.165, 1.54) is 22.7 Å². The van der Waals surface area contributed by atoms with Crippen LogP contribution in [-0.2, 0) is 0 Å². The van der Waals surface area contributed by atoms with Crippen molar-refractivity contribution < 1.29 is 10.4 Å². The maximum Gasteiger partial charge on any atom is 0.150 e. The molecule has 2 rings (SSSR count). The molecule has 0 aliphatic carbocycles. The Morgan fingerprint density at radius 1 is 0.833 bits per heavy atom. The van der Waals surface area contributed by atoms with Crippen molar-refractivity contribution in [3.8, 4) is 0 Å². The Morgan fingerprint density at radius 2 is 1.22 bits per heavy atom. The molecular weight excluding hydrogens is 268 g/mol. The Labute approximate surface area is 113 Å². The molecule has 0 saturated heterocycles. The first-order valence-electron chi connectivity index (χ1n) is 5.24. The van der Waals surface area contributed by atoms with Crippen LogP contribution in [0.1, 0.15) is 19.5 Å². The number of aryl methyl sites for hydroxylation is 2. The number of rotatable bonds is 3. The molecule has 18 heavy (non-hydrogen) atoms. The molecule has 6 heteroatoms. The van der Waals surface area contributed by atoms with E-state index in [2.05, 4.69) is 10.3 Å². The highest BCUT2D eigenvalue weighted by atomic mass is 32.1. The second kappa shape index (κ2) is 5.32. The Hall–Kier alpha value is -1.66. The molecule has 0 saturated carbocycles. The second-order valence-corrected chi connectivity index (χ2v) is 6.29. The first-order chi connectivity index (χ1) is 8.65. The molecule has 0 spiro atoms. The highest BCUT2D eigenvalue weighted by molar-refractivity contribution is 7.17. The minimum Gasteiger partial charge on any atom is -0.410 e. The minimum absolute atomic E-state index is 0.289. The summed E-state index contributed by atoms with van der Waals surface area (Å²) in [5.41, 5.74) is 0.579. The molecule has 2 N–H and O–H groups in total. The molecule has 0 aliphatic rings. The molecule has 0 amide bonds. The van der Waals surface area contributed by atoms with E-state index < -0.39 is 0 Å². The lowest BCUT2D eigenvalue weighted by molar-refractivity contribution is 0.314. The van der Waals surface area contributed by atoms with Gasteiger partial charge >= 0.3 is 0 Å². The van der Waals surface area contributed by atoms with Gasteiger partial charge in [-0.25, -0.2) is 0 Å². The minimum atomic E-state index is 0.289. The average Bonchev–Trinajstić information content (AvgIpc) is 2.95. The van der Waals surface area contributed by atoms with E-state index in [-0.39, 0.29) is 11.4 Å². The fraction of sp³-hybridized carbons (Fsp3) is 0.167. The summed E-state index contributed by atoms with van der Waals surface area (Å²) >= 11 is 2.97. The van der Waals surface area contributed by atoms with Crippen molar-refractivity contribution in [2.45, 2.75) is 13.8 Å². The normalized spacial score (nSPS) is 13.0. The number of hydrogen-bond acceptors (Lipinski definition) is 6. The first kappa shape index (κ1) is 12.8. The van der Waals surface area contributed by atoms with E-state index in [1.54, 1.807) is 0 Å². The summed E-state index contributed by atoms with van der Waals surface area (Å²) in [6, 6.07) is 7.56. The van der Waals surface area contributed by atoms with E-state index >= 15 is 0 Å². The summed E-state index contributed by atoms with van der Waals surface area (Å²) in [6.07, 6.45) is 0. The molecule has 2 aromatic rings. The third kappa shape index (κ3) is 2.44. The fourth-order valence-electron chi connectivity index (χ4n) is 1.55. The maximum absolute atomic E-state index is 9.17. The summed E-state index contributed by atoms with van der Waals surface area (Å²) in [4.78, 5) is 3.75. The lowest BCUT2D eigenvalue weighted by Crippen LogP contribution is -2.14. The summed E-state index contributed by atoms with van der Waals surface area (Å²) in [6.45, 7) is 3.93. The molecule has 0 fully saturated rings. The summed E-state index contributed by atoms with van der Waals surface area (Å²) in [5.74, 6) is 0. The molecule has 94 valence electrons. The number of hydrogen-bond donors (Lipinski definition) is 2. The summed E-state index contributed by atoms with van der Waals surface area (Å²) < 4.78 is 0. The van der Waals surface area contributed by atoms with Crippen LogP contribution in [0.3, 0.4) is 0 Å². The zero-order valence-electron chi connectivity index (χ0n) is 9.91. The molecule has 2 aromatic heterocycles. The number of nitrogens with zero attached hydrogens (tertiary/aromatic N) is 2. The molecule has 0 bridgehead atoms. The van der Waals surface area contributed by atoms with Crippen molar-refractivity contribution in [1.82, 2.24) is 0 Å². The summed E-state index contributed by atoms with van der Waals surface area (Å²) in [7, 11) is 0. The van der Waals surface area contributed by atoms with Crippen LogP contribution >= 0.6 is 22.7 Å². The van der Waals surface area contributed by atoms with Crippen molar-refractivity contribution >= 4 is 34.1 Å². The van der Waals surface area contributed by atoms with Gasteiger partial charge in [-0.05, 0) is 38.1 Å². The van der Waals surface area contributed by atoms with Crippen LogP contribution in [0, 0.1) is 13.8 Å². The third-order valence-corrected chi connectivity index (χ3v) is 4.39. The predicted molar refractivity (Wildman–Crippen MR) is 74.8 cm³/mol. The number of thiophene rings is 2. The average molecular weight is 280 g/mol. The van der Waals surface area contributed by atoms with Crippen molar-refractivity contribution in [3.05, 3.63) is 43.8 Å². The van der Waals surface area contributed by atoms with E-state index in [9.17, 15) is 0 Å². The topological polar surface area (TPSA) is 65.2 Å². The second-order valence-electron chi connectivity index (χ2n) is 3.72. The van der Waals surface area contributed by atoms with Crippen LogP contribution in [0.2, 0.25) is 0 Å². The summed E-state index contributed by atoms with van der Waals surface area (Å²) in [5, 5.41) is 24.9. The van der Waals surface area contributed by atoms with Gasteiger partial charge in [0.15, 0.2) is 0 Å². The Balaban J connectivity index is 2.44. The van der Waals surface area contributed by atoms with Gasteiger partial charge in [-0.1, -0.05) is 10.3 Å². The van der Waals surface area contributed by atoms with E-state index in [1.807, 2.05) is 38.1 Å². The lowest BCUT2D eigenvalue weighted by Gasteiger charge is -2.02. The van der Waals surface area contributed by atoms with Gasteiger partial charge in [0.25, 0.3) is 0 Å². The quantitative estimate of drug-likeness (QED) is 0.513. The monoisotopic (exact) mass is 280 g/mol. The third-order valence-electron chi connectivity index (χ3n) is 2.37.